The lowest BCUT2D eigenvalue weighted by Crippen LogP contribution is -2.44. The molecule has 0 bridgehead atoms. The second kappa shape index (κ2) is 8.26. The first-order chi connectivity index (χ1) is 9.00. The maximum atomic E-state index is 3.65. The summed E-state index contributed by atoms with van der Waals surface area (Å²) in [5.74, 6) is 0.787. The van der Waals surface area contributed by atoms with Crippen molar-refractivity contribution >= 4 is 0 Å². The van der Waals surface area contributed by atoms with Gasteiger partial charge < -0.3 is 5.32 Å². The Kier molecular flexibility index (Phi) is 7.38. The van der Waals surface area contributed by atoms with Gasteiger partial charge in [-0.05, 0) is 43.6 Å². The molecule has 1 aliphatic carbocycles. The molecule has 0 aliphatic heterocycles. The van der Waals surface area contributed by atoms with Gasteiger partial charge in [0.05, 0.1) is 0 Å². The number of hydrogen-bond donors (Lipinski definition) is 1. The molecular weight excluding hydrogens is 232 g/mol. The summed E-state index contributed by atoms with van der Waals surface area (Å²) in [4.78, 5) is 2.77. The molecule has 1 unspecified atom stereocenters. The standard InChI is InChI=1S/C17H36N2/c1-6-10-17(5,13-18-11-7-2)14-19(12-15(3)4)16-8-9-16/h15-16,18H,6-14H2,1-5H3. The number of hydrogen-bond acceptors (Lipinski definition) is 2. The molecule has 2 heteroatoms. The highest BCUT2D eigenvalue weighted by atomic mass is 15.2. The van der Waals surface area contributed by atoms with E-state index in [1.165, 1.54) is 51.7 Å². The molecule has 1 saturated carbocycles. The summed E-state index contributed by atoms with van der Waals surface area (Å²) in [7, 11) is 0. The third-order valence-corrected chi connectivity index (χ3v) is 4.08. The number of nitrogens with zero attached hydrogens (tertiary/aromatic N) is 1. The van der Waals surface area contributed by atoms with Crippen molar-refractivity contribution in [3.63, 3.8) is 0 Å². The Balaban J connectivity index is 2.52. The van der Waals surface area contributed by atoms with E-state index in [0.29, 0.717) is 5.41 Å². The predicted molar refractivity (Wildman–Crippen MR) is 85.6 cm³/mol. The molecule has 0 aromatic heterocycles. The Labute approximate surface area is 121 Å². The van der Waals surface area contributed by atoms with Gasteiger partial charge in [0.1, 0.15) is 0 Å². The van der Waals surface area contributed by atoms with E-state index in [9.17, 15) is 0 Å². The van der Waals surface area contributed by atoms with Crippen LogP contribution in [-0.4, -0.2) is 37.1 Å². The molecule has 0 amide bonds. The zero-order chi connectivity index (χ0) is 14.3. The van der Waals surface area contributed by atoms with E-state index >= 15 is 0 Å². The van der Waals surface area contributed by atoms with Crippen LogP contribution in [-0.2, 0) is 0 Å². The molecule has 1 fully saturated rings. The van der Waals surface area contributed by atoms with E-state index in [-0.39, 0.29) is 0 Å². The van der Waals surface area contributed by atoms with Crippen LogP contribution in [0.2, 0.25) is 0 Å². The molecule has 19 heavy (non-hydrogen) atoms. The third-order valence-electron chi connectivity index (χ3n) is 4.08. The van der Waals surface area contributed by atoms with Crippen molar-refractivity contribution in [1.29, 1.82) is 0 Å². The van der Waals surface area contributed by atoms with Crippen molar-refractivity contribution in [3.8, 4) is 0 Å². The second-order valence-electron chi connectivity index (χ2n) is 7.29. The van der Waals surface area contributed by atoms with Gasteiger partial charge in [0.15, 0.2) is 0 Å². The van der Waals surface area contributed by atoms with Crippen LogP contribution in [0.5, 0.6) is 0 Å². The fourth-order valence-corrected chi connectivity index (χ4v) is 3.14. The molecule has 1 aliphatic rings. The number of rotatable bonds is 11. The fourth-order valence-electron chi connectivity index (χ4n) is 3.14. The van der Waals surface area contributed by atoms with E-state index in [1.54, 1.807) is 0 Å². The van der Waals surface area contributed by atoms with Gasteiger partial charge in [0, 0.05) is 25.7 Å². The van der Waals surface area contributed by atoms with E-state index in [4.69, 9.17) is 0 Å². The van der Waals surface area contributed by atoms with Crippen LogP contribution < -0.4 is 5.32 Å². The first-order valence-corrected chi connectivity index (χ1v) is 8.45. The smallest absolute Gasteiger partial charge is 0.00967 e. The summed E-state index contributed by atoms with van der Waals surface area (Å²) in [5, 5.41) is 3.65. The Morgan fingerprint density at radius 2 is 1.89 bits per heavy atom. The summed E-state index contributed by atoms with van der Waals surface area (Å²) in [5.41, 5.74) is 0.446. The van der Waals surface area contributed by atoms with Crippen molar-refractivity contribution in [2.24, 2.45) is 11.3 Å². The molecule has 114 valence electrons. The lowest BCUT2D eigenvalue weighted by atomic mass is 9.84. The van der Waals surface area contributed by atoms with Gasteiger partial charge in [-0.2, -0.15) is 0 Å². The molecule has 1 rings (SSSR count). The van der Waals surface area contributed by atoms with Crippen molar-refractivity contribution in [1.82, 2.24) is 10.2 Å². The Hall–Kier alpha value is -0.0800. The maximum Gasteiger partial charge on any atom is 0.00967 e. The van der Waals surface area contributed by atoms with Gasteiger partial charge in [-0.1, -0.05) is 41.0 Å². The van der Waals surface area contributed by atoms with Gasteiger partial charge in [0.2, 0.25) is 0 Å². The monoisotopic (exact) mass is 268 g/mol. The highest BCUT2D eigenvalue weighted by Gasteiger charge is 2.34. The highest BCUT2D eigenvalue weighted by molar-refractivity contribution is 4.90. The average molecular weight is 268 g/mol. The Bertz CT molecular complexity index is 235. The van der Waals surface area contributed by atoms with Crippen LogP contribution in [0.15, 0.2) is 0 Å². The molecule has 0 aromatic rings. The minimum atomic E-state index is 0.446. The van der Waals surface area contributed by atoms with Crippen molar-refractivity contribution in [3.05, 3.63) is 0 Å². The lowest BCUT2D eigenvalue weighted by Gasteiger charge is -2.37. The third kappa shape index (κ3) is 6.76. The molecular formula is C17H36N2. The fraction of sp³-hybridized carbons (Fsp3) is 1.00. The maximum absolute atomic E-state index is 3.65. The second-order valence-corrected chi connectivity index (χ2v) is 7.29. The minimum absolute atomic E-state index is 0.446. The van der Waals surface area contributed by atoms with Gasteiger partial charge >= 0.3 is 0 Å². The molecule has 0 heterocycles. The molecule has 0 spiro atoms. The molecule has 2 nitrogen and oxygen atoms in total. The van der Waals surface area contributed by atoms with Crippen molar-refractivity contribution in [2.75, 3.05) is 26.2 Å². The predicted octanol–water partition coefficient (Wildman–Crippen LogP) is 3.91. The Morgan fingerprint density at radius 1 is 1.21 bits per heavy atom. The summed E-state index contributed by atoms with van der Waals surface area (Å²) < 4.78 is 0. The first-order valence-electron chi connectivity index (χ1n) is 8.45. The van der Waals surface area contributed by atoms with Gasteiger partial charge in [0.25, 0.3) is 0 Å². The van der Waals surface area contributed by atoms with E-state index in [0.717, 1.165) is 18.5 Å². The van der Waals surface area contributed by atoms with Crippen LogP contribution in [0.4, 0.5) is 0 Å². The minimum Gasteiger partial charge on any atom is -0.316 e. The van der Waals surface area contributed by atoms with E-state index < -0.39 is 0 Å². The average Bonchev–Trinajstić information content (AvgIpc) is 3.12. The largest absolute Gasteiger partial charge is 0.316 e. The molecule has 0 aromatic carbocycles. The summed E-state index contributed by atoms with van der Waals surface area (Å²) in [6.45, 7) is 16.6. The van der Waals surface area contributed by atoms with E-state index in [1.807, 2.05) is 0 Å². The van der Waals surface area contributed by atoms with Crippen LogP contribution in [0.3, 0.4) is 0 Å². The molecule has 0 saturated heterocycles. The summed E-state index contributed by atoms with van der Waals surface area (Å²) in [6, 6.07) is 0.893. The van der Waals surface area contributed by atoms with Gasteiger partial charge in [-0.25, -0.2) is 0 Å². The Morgan fingerprint density at radius 3 is 2.37 bits per heavy atom. The van der Waals surface area contributed by atoms with E-state index in [2.05, 4.69) is 44.8 Å². The van der Waals surface area contributed by atoms with Crippen LogP contribution in [0.1, 0.15) is 66.7 Å². The first kappa shape index (κ1) is 17.0. The van der Waals surface area contributed by atoms with Crippen molar-refractivity contribution < 1.29 is 0 Å². The normalized spacial score (nSPS) is 19.1. The quantitative estimate of drug-likeness (QED) is 0.572. The molecule has 1 atom stereocenters. The topological polar surface area (TPSA) is 15.3 Å². The van der Waals surface area contributed by atoms with Gasteiger partial charge in [-0.15, -0.1) is 0 Å². The zero-order valence-corrected chi connectivity index (χ0v) is 14.0. The van der Waals surface area contributed by atoms with Crippen LogP contribution >= 0.6 is 0 Å². The number of nitrogens with one attached hydrogen (secondary N) is 1. The van der Waals surface area contributed by atoms with Crippen molar-refractivity contribution in [2.45, 2.75) is 72.8 Å². The highest BCUT2D eigenvalue weighted by Crippen LogP contribution is 2.32. The summed E-state index contributed by atoms with van der Waals surface area (Å²) >= 11 is 0. The van der Waals surface area contributed by atoms with Gasteiger partial charge in [-0.3, -0.25) is 4.90 Å². The lowest BCUT2D eigenvalue weighted by molar-refractivity contribution is 0.131. The molecule has 0 radical (unpaired) electrons. The van der Waals surface area contributed by atoms with Crippen LogP contribution in [0, 0.1) is 11.3 Å². The zero-order valence-electron chi connectivity index (χ0n) is 14.0. The van der Waals surface area contributed by atoms with Crippen LogP contribution in [0.25, 0.3) is 0 Å². The SMILES string of the molecule is CCCNCC(C)(CCC)CN(CC(C)C)C1CC1. The summed E-state index contributed by atoms with van der Waals surface area (Å²) in [6.07, 6.45) is 6.73. The molecule has 1 N–H and O–H groups in total.